The number of carbonyl (C=O) groups excluding carboxylic acids is 1. The second-order valence-corrected chi connectivity index (χ2v) is 4.10. The molecule has 0 saturated carbocycles. The fraction of sp³-hybridized carbons (Fsp3) is 0.778. The molecule has 0 aliphatic rings. The summed E-state index contributed by atoms with van der Waals surface area (Å²) >= 11 is 0. The van der Waals surface area contributed by atoms with Crippen molar-refractivity contribution in [2.24, 2.45) is 0 Å². The number of carboxylic acids is 1. The number of carbonyl (C=O) groups is 2. The first-order chi connectivity index (χ1) is 6.13. The maximum Gasteiger partial charge on any atom is 0.328 e. The molecule has 0 bridgehead atoms. The number of methoxy groups -OCH3 is 1. The third-order valence-corrected chi connectivity index (χ3v) is 2.02. The fourth-order valence-electron chi connectivity index (χ4n) is 0.581. The van der Waals surface area contributed by atoms with Crippen molar-refractivity contribution < 1.29 is 19.4 Å². The van der Waals surface area contributed by atoms with Gasteiger partial charge in [0.25, 0.3) is 5.91 Å². The summed E-state index contributed by atoms with van der Waals surface area (Å²) in [5.41, 5.74) is -2.31. The molecule has 0 aromatic carbocycles. The van der Waals surface area contributed by atoms with Gasteiger partial charge in [-0.2, -0.15) is 0 Å². The number of rotatable bonds is 4. The van der Waals surface area contributed by atoms with Crippen LogP contribution in [0.2, 0.25) is 0 Å². The van der Waals surface area contributed by atoms with Gasteiger partial charge in [0.1, 0.15) is 11.1 Å². The number of hydrogen-bond acceptors (Lipinski definition) is 3. The largest absolute Gasteiger partial charge is 0.480 e. The minimum atomic E-state index is -1.28. The Morgan fingerprint density at radius 3 is 1.93 bits per heavy atom. The van der Waals surface area contributed by atoms with Gasteiger partial charge < -0.3 is 15.2 Å². The van der Waals surface area contributed by atoms with Gasteiger partial charge in [-0.3, -0.25) is 4.79 Å². The van der Waals surface area contributed by atoms with Crippen LogP contribution in [0.15, 0.2) is 0 Å². The van der Waals surface area contributed by atoms with Crippen LogP contribution < -0.4 is 5.32 Å². The second-order valence-electron chi connectivity index (χ2n) is 4.10. The highest BCUT2D eigenvalue weighted by Gasteiger charge is 2.35. The zero-order valence-electron chi connectivity index (χ0n) is 9.17. The fourth-order valence-corrected chi connectivity index (χ4v) is 0.581. The van der Waals surface area contributed by atoms with Crippen molar-refractivity contribution in [1.82, 2.24) is 5.32 Å². The average Bonchev–Trinajstić information content (AvgIpc) is 2.03. The van der Waals surface area contributed by atoms with E-state index < -0.39 is 23.0 Å². The van der Waals surface area contributed by atoms with E-state index >= 15 is 0 Å². The lowest BCUT2D eigenvalue weighted by molar-refractivity contribution is -0.151. The maximum absolute atomic E-state index is 11.5. The van der Waals surface area contributed by atoms with E-state index in [0.29, 0.717) is 0 Å². The molecule has 0 aliphatic carbocycles. The van der Waals surface area contributed by atoms with E-state index in [0.717, 1.165) is 0 Å². The first kappa shape index (κ1) is 12.9. The van der Waals surface area contributed by atoms with Crippen molar-refractivity contribution in [3.8, 4) is 0 Å². The number of carboxylic acid groups (broad SMARTS) is 1. The highest BCUT2D eigenvalue weighted by atomic mass is 16.5. The molecule has 0 fully saturated rings. The van der Waals surface area contributed by atoms with E-state index in [1.165, 1.54) is 21.0 Å². The molecule has 0 heterocycles. The highest BCUT2D eigenvalue weighted by Crippen LogP contribution is 2.10. The van der Waals surface area contributed by atoms with Gasteiger partial charge in [0.05, 0.1) is 0 Å². The number of ether oxygens (including phenoxy) is 1. The van der Waals surface area contributed by atoms with Gasteiger partial charge in [-0.15, -0.1) is 0 Å². The van der Waals surface area contributed by atoms with Crippen molar-refractivity contribution in [3.63, 3.8) is 0 Å². The smallest absolute Gasteiger partial charge is 0.328 e. The monoisotopic (exact) mass is 203 g/mol. The predicted molar refractivity (Wildman–Crippen MR) is 50.9 cm³/mol. The molecule has 0 aliphatic heterocycles. The SMILES string of the molecule is COC(C)(C)C(=O)NC(C)(C)C(=O)O. The summed E-state index contributed by atoms with van der Waals surface area (Å²) in [6, 6.07) is 0. The van der Waals surface area contributed by atoms with Crippen molar-refractivity contribution in [2.75, 3.05) is 7.11 Å². The molecule has 1 amide bonds. The Morgan fingerprint density at radius 2 is 1.64 bits per heavy atom. The van der Waals surface area contributed by atoms with Crippen molar-refractivity contribution in [3.05, 3.63) is 0 Å². The first-order valence-electron chi connectivity index (χ1n) is 4.24. The Labute approximate surface area is 83.4 Å². The quantitative estimate of drug-likeness (QED) is 0.693. The number of amides is 1. The molecule has 0 saturated heterocycles. The summed E-state index contributed by atoms with van der Waals surface area (Å²) in [4.78, 5) is 22.2. The summed E-state index contributed by atoms with van der Waals surface area (Å²) in [6.07, 6.45) is 0. The summed E-state index contributed by atoms with van der Waals surface area (Å²) in [5, 5.41) is 11.2. The Hall–Kier alpha value is -1.10. The van der Waals surface area contributed by atoms with Crippen LogP contribution >= 0.6 is 0 Å². The standard InChI is InChI=1S/C9H17NO4/c1-8(2,7(12)13)10-6(11)9(3,4)14-5/h1-5H3,(H,10,11)(H,12,13). The maximum atomic E-state index is 11.5. The topological polar surface area (TPSA) is 75.6 Å². The molecule has 0 atom stereocenters. The van der Waals surface area contributed by atoms with Crippen molar-refractivity contribution in [2.45, 2.75) is 38.8 Å². The van der Waals surface area contributed by atoms with Gasteiger partial charge in [0.2, 0.25) is 0 Å². The minimum Gasteiger partial charge on any atom is -0.480 e. The molecule has 5 heteroatoms. The van der Waals surface area contributed by atoms with Crippen LogP contribution in [0, 0.1) is 0 Å². The number of nitrogens with one attached hydrogen (secondary N) is 1. The van der Waals surface area contributed by atoms with Gasteiger partial charge in [0, 0.05) is 7.11 Å². The zero-order chi connectivity index (χ0) is 11.6. The van der Waals surface area contributed by atoms with Gasteiger partial charge in [-0.25, -0.2) is 4.79 Å². The Balaban J connectivity index is 4.56. The second kappa shape index (κ2) is 3.96. The molecule has 14 heavy (non-hydrogen) atoms. The Morgan fingerprint density at radius 1 is 1.21 bits per heavy atom. The van der Waals surface area contributed by atoms with Crippen LogP contribution in [-0.2, 0) is 14.3 Å². The number of aliphatic carboxylic acids is 1. The first-order valence-corrected chi connectivity index (χ1v) is 4.24. The summed E-state index contributed by atoms with van der Waals surface area (Å²) in [6.45, 7) is 5.97. The van der Waals surface area contributed by atoms with Gasteiger partial charge >= 0.3 is 5.97 Å². The molecule has 0 aromatic heterocycles. The van der Waals surface area contributed by atoms with E-state index in [1.807, 2.05) is 0 Å². The molecule has 0 rings (SSSR count). The summed E-state index contributed by atoms with van der Waals surface area (Å²) in [7, 11) is 1.40. The highest BCUT2D eigenvalue weighted by molar-refractivity contribution is 5.90. The molecule has 82 valence electrons. The number of hydrogen-bond donors (Lipinski definition) is 2. The molecule has 0 spiro atoms. The van der Waals surface area contributed by atoms with Crippen LogP contribution in [0.25, 0.3) is 0 Å². The molecular weight excluding hydrogens is 186 g/mol. The van der Waals surface area contributed by atoms with E-state index in [4.69, 9.17) is 9.84 Å². The van der Waals surface area contributed by atoms with Crippen LogP contribution in [0.1, 0.15) is 27.7 Å². The molecular formula is C9H17NO4. The molecule has 0 radical (unpaired) electrons. The molecule has 0 aromatic rings. The Bertz CT molecular complexity index is 245. The molecule has 5 nitrogen and oxygen atoms in total. The van der Waals surface area contributed by atoms with Crippen LogP contribution in [0.5, 0.6) is 0 Å². The van der Waals surface area contributed by atoms with Gasteiger partial charge in [-0.05, 0) is 27.7 Å². The molecule has 0 unspecified atom stereocenters. The normalized spacial score (nSPS) is 12.4. The van der Waals surface area contributed by atoms with Crippen molar-refractivity contribution in [1.29, 1.82) is 0 Å². The predicted octanol–water partition coefficient (Wildman–Crippen LogP) is 0.391. The lowest BCUT2D eigenvalue weighted by Crippen LogP contribution is -2.56. The third-order valence-electron chi connectivity index (χ3n) is 2.02. The van der Waals surface area contributed by atoms with E-state index in [2.05, 4.69) is 5.32 Å². The average molecular weight is 203 g/mol. The minimum absolute atomic E-state index is 0.451. The lowest BCUT2D eigenvalue weighted by Gasteiger charge is -2.28. The van der Waals surface area contributed by atoms with E-state index in [9.17, 15) is 9.59 Å². The van der Waals surface area contributed by atoms with E-state index in [-0.39, 0.29) is 0 Å². The van der Waals surface area contributed by atoms with Gasteiger partial charge in [-0.1, -0.05) is 0 Å². The zero-order valence-corrected chi connectivity index (χ0v) is 9.17. The summed E-state index contributed by atoms with van der Waals surface area (Å²) < 4.78 is 4.92. The third kappa shape index (κ3) is 2.99. The van der Waals surface area contributed by atoms with E-state index in [1.54, 1.807) is 13.8 Å². The van der Waals surface area contributed by atoms with Crippen LogP contribution in [0.4, 0.5) is 0 Å². The Kier molecular flexibility index (Phi) is 3.65. The lowest BCUT2D eigenvalue weighted by atomic mass is 10.0. The van der Waals surface area contributed by atoms with Crippen LogP contribution in [0.3, 0.4) is 0 Å². The van der Waals surface area contributed by atoms with Crippen molar-refractivity contribution >= 4 is 11.9 Å². The summed E-state index contributed by atoms with van der Waals surface area (Å²) in [5.74, 6) is -1.54. The van der Waals surface area contributed by atoms with Gasteiger partial charge in [0.15, 0.2) is 0 Å². The molecule has 2 N–H and O–H groups in total. The van der Waals surface area contributed by atoms with Crippen LogP contribution in [-0.4, -0.2) is 35.2 Å².